The SMILES string of the molecule is CNC(c1ccc(C)cc1)C(C)N1CC2CCC1C2. The van der Waals surface area contributed by atoms with E-state index in [4.69, 9.17) is 0 Å². The van der Waals surface area contributed by atoms with Crippen molar-refractivity contribution in [1.82, 2.24) is 10.2 Å². The number of piperidine rings is 1. The molecule has 1 aromatic rings. The Bertz CT molecular complexity index is 425. The standard InChI is InChI=1S/C17H26N2/c1-12-4-7-15(8-5-12)17(18-3)13(2)19-11-14-6-9-16(19)10-14/h4-5,7-8,13-14,16-18H,6,9-11H2,1-3H3. The number of fused-ring (bicyclic) bond motifs is 2. The summed E-state index contributed by atoms with van der Waals surface area (Å²) in [5, 5.41) is 3.53. The van der Waals surface area contributed by atoms with E-state index < -0.39 is 0 Å². The summed E-state index contributed by atoms with van der Waals surface area (Å²) in [7, 11) is 2.09. The van der Waals surface area contributed by atoms with Gasteiger partial charge in [-0.15, -0.1) is 0 Å². The molecule has 1 aliphatic heterocycles. The summed E-state index contributed by atoms with van der Waals surface area (Å²) in [5.41, 5.74) is 2.76. The summed E-state index contributed by atoms with van der Waals surface area (Å²) in [4.78, 5) is 2.75. The van der Waals surface area contributed by atoms with Crippen LogP contribution in [0.15, 0.2) is 24.3 Å². The molecule has 2 bridgehead atoms. The Kier molecular flexibility index (Phi) is 3.64. The summed E-state index contributed by atoms with van der Waals surface area (Å²) in [6.45, 7) is 5.86. The first-order valence-electron chi connectivity index (χ1n) is 7.68. The zero-order chi connectivity index (χ0) is 13.4. The number of nitrogens with zero attached hydrogens (tertiary/aromatic N) is 1. The van der Waals surface area contributed by atoms with E-state index in [9.17, 15) is 0 Å². The lowest BCUT2D eigenvalue weighted by molar-refractivity contribution is 0.131. The molecule has 0 aromatic heterocycles. The quantitative estimate of drug-likeness (QED) is 0.892. The fourth-order valence-electron chi connectivity index (χ4n) is 4.11. The molecule has 2 heteroatoms. The number of likely N-dealkylation sites (N-methyl/N-ethyl adjacent to an activating group) is 1. The number of hydrogen-bond acceptors (Lipinski definition) is 2. The van der Waals surface area contributed by atoms with Crippen molar-refractivity contribution in [2.45, 2.75) is 51.2 Å². The van der Waals surface area contributed by atoms with E-state index >= 15 is 0 Å². The molecule has 4 unspecified atom stereocenters. The van der Waals surface area contributed by atoms with Crippen LogP contribution in [0.5, 0.6) is 0 Å². The molecule has 1 saturated carbocycles. The maximum absolute atomic E-state index is 3.53. The Morgan fingerprint density at radius 3 is 2.47 bits per heavy atom. The van der Waals surface area contributed by atoms with Crippen molar-refractivity contribution in [3.05, 3.63) is 35.4 Å². The van der Waals surface area contributed by atoms with Gasteiger partial charge in [-0.3, -0.25) is 4.90 Å². The van der Waals surface area contributed by atoms with Gasteiger partial charge in [-0.1, -0.05) is 29.8 Å². The molecular weight excluding hydrogens is 232 g/mol. The van der Waals surface area contributed by atoms with Crippen molar-refractivity contribution >= 4 is 0 Å². The van der Waals surface area contributed by atoms with Crippen LogP contribution in [0, 0.1) is 12.8 Å². The monoisotopic (exact) mass is 258 g/mol. The molecule has 0 radical (unpaired) electrons. The van der Waals surface area contributed by atoms with Gasteiger partial charge in [0.1, 0.15) is 0 Å². The third-order valence-corrected chi connectivity index (χ3v) is 5.20. The molecule has 1 saturated heterocycles. The molecule has 1 heterocycles. The van der Waals surface area contributed by atoms with Crippen LogP contribution >= 0.6 is 0 Å². The van der Waals surface area contributed by atoms with Crippen LogP contribution in [0.1, 0.15) is 43.4 Å². The average Bonchev–Trinajstić information content (AvgIpc) is 3.04. The molecule has 1 aliphatic carbocycles. The first-order valence-corrected chi connectivity index (χ1v) is 7.68. The van der Waals surface area contributed by atoms with Crippen molar-refractivity contribution in [1.29, 1.82) is 0 Å². The van der Waals surface area contributed by atoms with Gasteiger partial charge in [0, 0.05) is 24.7 Å². The zero-order valence-electron chi connectivity index (χ0n) is 12.4. The Balaban J connectivity index is 1.76. The molecule has 2 aliphatic rings. The first-order chi connectivity index (χ1) is 9.19. The van der Waals surface area contributed by atoms with Gasteiger partial charge in [0.15, 0.2) is 0 Å². The maximum Gasteiger partial charge on any atom is 0.0473 e. The van der Waals surface area contributed by atoms with E-state index in [1.54, 1.807) is 0 Å². The summed E-state index contributed by atoms with van der Waals surface area (Å²) >= 11 is 0. The lowest BCUT2D eigenvalue weighted by atomic mass is 9.96. The van der Waals surface area contributed by atoms with Crippen molar-refractivity contribution in [2.75, 3.05) is 13.6 Å². The largest absolute Gasteiger partial charge is 0.312 e. The number of hydrogen-bond donors (Lipinski definition) is 1. The molecule has 0 spiro atoms. The number of aryl methyl sites for hydroxylation is 1. The average molecular weight is 258 g/mol. The fraction of sp³-hybridized carbons (Fsp3) is 0.647. The van der Waals surface area contributed by atoms with Crippen molar-refractivity contribution < 1.29 is 0 Å². The Morgan fingerprint density at radius 1 is 1.21 bits per heavy atom. The highest BCUT2D eigenvalue weighted by atomic mass is 15.2. The predicted octanol–water partition coefficient (Wildman–Crippen LogP) is 3.13. The van der Waals surface area contributed by atoms with Crippen molar-refractivity contribution in [3.63, 3.8) is 0 Å². The smallest absolute Gasteiger partial charge is 0.0473 e. The minimum atomic E-state index is 0.444. The minimum absolute atomic E-state index is 0.444. The first kappa shape index (κ1) is 13.1. The molecule has 1 N–H and O–H groups in total. The maximum atomic E-state index is 3.53. The van der Waals surface area contributed by atoms with Crippen molar-refractivity contribution in [3.8, 4) is 0 Å². The van der Waals surface area contributed by atoms with Crippen LogP contribution in [0.2, 0.25) is 0 Å². The second kappa shape index (κ2) is 5.26. The number of rotatable bonds is 4. The molecule has 1 aromatic carbocycles. The molecule has 19 heavy (non-hydrogen) atoms. The third kappa shape index (κ3) is 2.44. The molecule has 4 atom stereocenters. The number of benzene rings is 1. The van der Waals surface area contributed by atoms with E-state index in [2.05, 4.69) is 55.4 Å². The Hall–Kier alpha value is -0.860. The van der Waals surface area contributed by atoms with E-state index in [1.807, 2.05) is 0 Å². The van der Waals surface area contributed by atoms with Gasteiger partial charge >= 0.3 is 0 Å². The number of nitrogens with one attached hydrogen (secondary N) is 1. The van der Waals surface area contributed by atoms with Crippen LogP contribution in [-0.4, -0.2) is 30.6 Å². The van der Waals surface area contributed by atoms with Crippen LogP contribution in [0.25, 0.3) is 0 Å². The highest BCUT2D eigenvalue weighted by molar-refractivity contribution is 5.25. The van der Waals surface area contributed by atoms with E-state index in [1.165, 1.54) is 36.9 Å². The Morgan fingerprint density at radius 2 is 1.95 bits per heavy atom. The third-order valence-electron chi connectivity index (χ3n) is 5.20. The molecule has 2 nitrogen and oxygen atoms in total. The van der Waals surface area contributed by atoms with Gasteiger partial charge in [-0.2, -0.15) is 0 Å². The van der Waals surface area contributed by atoms with Gasteiger partial charge in [-0.25, -0.2) is 0 Å². The second-order valence-corrected chi connectivity index (χ2v) is 6.45. The summed E-state index contributed by atoms with van der Waals surface area (Å²) in [5.74, 6) is 0.975. The molecule has 3 rings (SSSR count). The van der Waals surface area contributed by atoms with Gasteiger partial charge in [0.25, 0.3) is 0 Å². The van der Waals surface area contributed by atoms with E-state index in [0.29, 0.717) is 12.1 Å². The number of likely N-dealkylation sites (tertiary alicyclic amines) is 1. The minimum Gasteiger partial charge on any atom is -0.312 e. The van der Waals surface area contributed by atoms with Gasteiger partial charge in [0.05, 0.1) is 0 Å². The molecule has 0 amide bonds. The zero-order valence-corrected chi connectivity index (χ0v) is 12.4. The Labute approximate surface area is 117 Å². The van der Waals surface area contributed by atoms with E-state index in [-0.39, 0.29) is 0 Å². The molecular formula is C17H26N2. The van der Waals surface area contributed by atoms with Crippen LogP contribution in [0.4, 0.5) is 0 Å². The highest BCUT2D eigenvalue weighted by Crippen LogP contribution is 2.40. The summed E-state index contributed by atoms with van der Waals surface area (Å²) in [6, 6.07) is 10.9. The topological polar surface area (TPSA) is 15.3 Å². The van der Waals surface area contributed by atoms with Gasteiger partial charge < -0.3 is 5.32 Å². The van der Waals surface area contributed by atoms with Crippen molar-refractivity contribution in [2.24, 2.45) is 5.92 Å². The lowest BCUT2D eigenvalue weighted by Crippen LogP contribution is -2.45. The van der Waals surface area contributed by atoms with Gasteiger partial charge in [0.2, 0.25) is 0 Å². The van der Waals surface area contributed by atoms with Crippen LogP contribution in [-0.2, 0) is 0 Å². The summed E-state index contributed by atoms with van der Waals surface area (Å²) < 4.78 is 0. The second-order valence-electron chi connectivity index (χ2n) is 6.45. The highest BCUT2D eigenvalue weighted by Gasteiger charge is 2.41. The molecule has 104 valence electrons. The fourth-order valence-corrected chi connectivity index (χ4v) is 4.11. The molecule has 2 fully saturated rings. The van der Waals surface area contributed by atoms with Crippen LogP contribution in [0.3, 0.4) is 0 Å². The lowest BCUT2D eigenvalue weighted by Gasteiger charge is -2.37. The van der Waals surface area contributed by atoms with Gasteiger partial charge in [-0.05, 0) is 51.6 Å². The summed E-state index contributed by atoms with van der Waals surface area (Å²) in [6.07, 6.45) is 4.32. The van der Waals surface area contributed by atoms with E-state index in [0.717, 1.165) is 12.0 Å². The van der Waals surface area contributed by atoms with Crippen LogP contribution < -0.4 is 5.32 Å². The normalized spacial score (nSPS) is 29.6. The predicted molar refractivity (Wildman–Crippen MR) is 80.3 cm³/mol.